The molecule has 3 amide bonds. The summed E-state index contributed by atoms with van der Waals surface area (Å²) in [7, 11) is 0. The number of nitrogens with zero attached hydrogens (tertiary/aromatic N) is 2. The van der Waals surface area contributed by atoms with E-state index in [4.69, 9.17) is 29.4 Å². The lowest BCUT2D eigenvalue weighted by atomic mass is 10.0. The SMILES string of the molecule is CC(=O)N[C@@H](CC(C)C)C(=O)N[C@@H](Cc1ccccc1)C(=O)N[C@H](/C=N/NC(N)=S)CCCN=C(N)N. The van der Waals surface area contributed by atoms with E-state index >= 15 is 0 Å². The van der Waals surface area contributed by atoms with Crippen LogP contribution in [-0.4, -0.2) is 59.7 Å². The summed E-state index contributed by atoms with van der Waals surface area (Å²) in [5, 5.41) is 12.3. The number of nitrogens with two attached hydrogens (primary N) is 3. The van der Waals surface area contributed by atoms with E-state index in [9.17, 15) is 14.4 Å². The van der Waals surface area contributed by atoms with Gasteiger partial charge in [-0.3, -0.25) is 24.8 Å². The highest BCUT2D eigenvalue weighted by Crippen LogP contribution is 2.09. The quantitative estimate of drug-likeness (QED) is 0.0519. The fraction of sp³-hybridized carbons (Fsp3) is 0.500. The fourth-order valence-corrected chi connectivity index (χ4v) is 3.51. The largest absolute Gasteiger partial charge is 0.375 e. The number of carbonyl (C=O) groups excluding carboxylic acids is 3. The normalized spacial score (nSPS) is 13.3. The van der Waals surface area contributed by atoms with Gasteiger partial charge in [-0.2, -0.15) is 5.10 Å². The third-order valence-corrected chi connectivity index (χ3v) is 5.13. The van der Waals surface area contributed by atoms with E-state index in [-0.39, 0.29) is 29.3 Å². The van der Waals surface area contributed by atoms with Crippen molar-refractivity contribution in [2.75, 3.05) is 6.54 Å². The van der Waals surface area contributed by atoms with Crippen LogP contribution in [0.4, 0.5) is 0 Å². The van der Waals surface area contributed by atoms with Crippen molar-refractivity contribution < 1.29 is 14.4 Å². The first-order valence-electron chi connectivity index (χ1n) is 12.0. The first-order chi connectivity index (χ1) is 17.5. The molecule has 0 saturated carbocycles. The zero-order valence-electron chi connectivity index (χ0n) is 21.6. The summed E-state index contributed by atoms with van der Waals surface area (Å²) in [5.41, 5.74) is 19.5. The Bertz CT molecular complexity index is 950. The Morgan fingerprint density at radius 3 is 2.22 bits per heavy atom. The van der Waals surface area contributed by atoms with Gasteiger partial charge < -0.3 is 33.2 Å². The molecule has 0 aromatic heterocycles. The Kier molecular flexibility index (Phi) is 14.2. The average molecular weight is 534 g/mol. The zero-order chi connectivity index (χ0) is 27.8. The number of aliphatic imine (C=N–C) groups is 1. The number of benzene rings is 1. The molecule has 0 aliphatic rings. The van der Waals surface area contributed by atoms with Gasteiger partial charge in [0, 0.05) is 26.1 Å². The molecule has 12 nitrogen and oxygen atoms in total. The van der Waals surface area contributed by atoms with Crippen molar-refractivity contribution in [3.05, 3.63) is 35.9 Å². The van der Waals surface area contributed by atoms with Gasteiger partial charge in [0.25, 0.3) is 0 Å². The molecule has 37 heavy (non-hydrogen) atoms. The van der Waals surface area contributed by atoms with E-state index in [0.29, 0.717) is 25.8 Å². The van der Waals surface area contributed by atoms with E-state index in [2.05, 4.69) is 31.5 Å². The molecular weight excluding hydrogens is 494 g/mol. The van der Waals surface area contributed by atoms with Gasteiger partial charge in [-0.05, 0) is 43.0 Å². The van der Waals surface area contributed by atoms with Crippen LogP contribution in [0.3, 0.4) is 0 Å². The topological polar surface area (TPSA) is 202 Å². The molecule has 204 valence electrons. The van der Waals surface area contributed by atoms with Gasteiger partial charge in [0.2, 0.25) is 17.7 Å². The molecule has 0 unspecified atom stereocenters. The molecular formula is C24H39N9O3S. The predicted molar refractivity (Wildman–Crippen MR) is 149 cm³/mol. The molecule has 0 heterocycles. The molecule has 0 radical (unpaired) electrons. The van der Waals surface area contributed by atoms with Gasteiger partial charge in [0.15, 0.2) is 11.1 Å². The molecule has 0 aliphatic heterocycles. The maximum Gasteiger partial charge on any atom is 0.243 e. The van der Waals surface area contributed by atoms with Crippen molar-refractivity contribution in [3.63, 3.8) is 0 Å². The van der Waals surface area contributed by atoms with Gasteiger partial charge in [0.1, 0.15) is 12.1 Å². The lowest BCUT2D eigenvalue weighted by Gasteiger charge is -2.25. The molecule has 1 rings (SSSR count). The van der Waals surface area contributed by atoms with Crippen molar-refractivity contribution in [3.8, 4) is 0 Å². The Balaban J connectivity index is 3.09. The molecule has 0 saturated heterocycles. The third-order valence-electron chi connectivity index (χ3n) is 5.04. The predicted octanol–water partition coefficient (Wildman–Crippen LogP) is -0.378. The second-order valence-electron chi connectivity index (χ2n) is 8.95. The molecule has 0 spiro atoms. The van der Waals surface area contributed by atoms with Crippen LogP contribution in [0.2, 0.25) is 0 Å². The number of carbonyl (C=O) groups is 3. The Labute approximate surface area is 223 Å². The van der Waals surface area contributed by atoms with Gasteiger partial charge in [-0.1, -0.05) is 44.2 Å². The Morgan fingerprint density at radius 1 is 1.00 bits per heavy atom. The maximum absolute atomic E-state index is 13.4. The Morgan fingerprint density at radius 2 is 1.65 bits per heavy atom. The number of rotatable bonds is 15. The smallest absolute Gasteiger partial charge is 0.243 e. The van der Waals surface area contributed by atoms with Gasteiger partial charge >= 0.3 is 0 Å². The molecule has 3 atom stereocenters. The number of guanidine groups is 1. The minimum atomic E-state index is -0.907. The first-order valence-corrected chi connectivity index (χ1v) is 12.4. The summed E-state index contributed by atoms with van der Waals surface area (Å²) in [6, 6.07) is 7.10. The molecule has 0 aliphatic carbocycles. The molecule has 0 bridgehead atoms. The van der Waals surface area contributed by atoms with Crippen molar-refractivity contribution in [2.24, 2.45) is 33.2 Å². The highest BCUT2D eigenvalue weighted by Gasteiger charge is 2.28. The van der Waals surface area contributed by atoms with Crippen LogP contribution in [0.1, 0.15) is 45.6 Å². The van der Waals surface area contributed by atoms with Crippen molar-refractivity contribution in [1.29, 1.82) is 0 Å². The monoisotopic (exact) mass is 533 g/mol. The van der Waals surface area contributed by atoms with Crippen LogP contribution in [0.5, 0.6) is 0 Å². The minimum Gasteiger partial charge on any atom is -0.375 e. The second-order valence-corrected chi connectivity index (χ2v) is 9.39. The molecule has 1 aromatic carbocycles. The number of hydrogen-bond acceptors (Lipinski definition) is 6. The fourth-order valence-electron chi connectivity index (χ4n) is 3.46. The van der Waals surface area contributed by atoms with Gasteiger partial charge in [-0.15, -0.1) is 0 Å². The summed E-state index contributed by atoms with van der Waals surface area (Å²) in [4.78, 5) is 42.1. The van der Waals surface area contributed by atoms with Gasteiger partial charge in [0.05, 0.1) is 6.04 Å². The van der Waals surface area contributed by atoms with Crippen LogP contribution in [-0.2, 0) is 20.8 Å². The number of thiocarbonyl (C=S) groups is 1. The molecule has 1 aromatic rings. The van der Waals surface area contributed by atoms with E-state index in [0.717, 1.165) is 5.56 Å². The summed E-state index contributed by atoms with van der Waals surface area (Å²) >= 11 is 4.76. The molecule has 13 heteroatoms. The second kappa shape index (κ2) is 16.8. The Hall–Kier alpha value is -3.74. The van der Waals surface area contributed by atoms with E-state index < -0.39 is 29.9 Å². The van der Waals surface area contributed by atoms with Crippen LogP contribution in [0.25, 0.3) is 0 Å². The van der Waals surface area contributed by atoms with Crippen LogP contribution in [0, 0.1) is 5.92 Å². The van der Waals surface area contributed by atoms with Crippen molar-refractivity contribution >= 4 is 47.2 Å². The lowest BCUT2D eigenvalue weighted by molar-refractivity contribution is -0.132. The average Bonchev–Trinajstić information content (AvgIpc) is 2.80. The summed E-state index contributed by atoms with van der Waals surface area (Å²) in [6.45, 7) is 5.61. The third kappa shape index (κ3) is 14.4. The number of nitrogens with one attached hydrogen (secondary N) is 4. The first kappa shape index (κ1) is 31.3. The number of hydrazone groups is 1. The maximum atomic E-state index is 13.4. The van der Waals surface area contributed by atoms with Crippen molar-refractivity contribution in [2.45, 2.75) is 64.6 Å². The van der Waals surface area contributed by atoms with Crippen molar-refractivity contribution in [1.82, 2.24) is 21.4 Å². The molecule has 10 N–H and O–H groups in total. The highest BCUT2D eigenvalue weighted by molar-refractivity contribution is 7.80. The van der Waals surface area contributed by atoms with E-state index in [1.54, 1.807) is 0 Å². The zero-order valence-corrected chi connectivity index (χ0v) is 22.4. The number of amides is 3. The summed E-state index contributed by atoms with van der Waals surface area (Å²) in [6.07, 6.45) is 3.15. The van der Waals surface area contributed by atoms with E-state index in [1.165, 1.54) is 13.1 Å². The number of hydrogen-bond donors (Lipinski definition) is 7. The summed E-state index contributed by atoms with van der Waals surface area (Å²) in [5.74, 6) is -1.06. The lowest BCUT2D eigenvalue weighted by Crippen LogP contribution is -2.56. The van der Waals surface area contributed by atoms with Crippen LogP contribution in [0.15, 0.2) is 40.4 Å². The van der Waals surface area contributed by atoms with Crippen LogP contribution >= 0.6 is 12.2 Å². The minimum absolute atomic E-state index is 0.0229. The summed E-state index contributed by atoms with van der Waals surface area (Å²) < 4.78 is 0. The highest BCUT2D eigenvalue weighted by atomic mass is 32.1. The van der Waals surface area contributed by atoms with Gasteiger partial charge in [-0.25, -0.2) is 0 Å². The van der Waals surface area contributed by atoms with Crippen LogP contribution < -0.4 is 38.6 Å². The molecule has 0 fully saturated rings. The standard InChI is InChI=1S/C24H39N9O3S/c1-15(2)12-19(30-16(3)34)22(36)32-20(13-17-8-5-4-6-9-17)21(35)31-18(14-29-33-24(27)37)10-7-11-28-23(25)26/h4-6,8-9,14-15,18-20H,7,10-13H2,1-3H3,(H,30,34)(H,31,35)(H,32,36)(H4,25,26,28)(H3,27,33,37)/b29-14+/t18-,19-,20-/m0/s1. The van der Waals surface area contributed by atoms with E-state index in [1.807, 2.05) is 44.2 Å².